The molecule has 7 nitrogen and oxygen atoms in total. The van der Waals surface area contributed by atoms with Crippen molar-refractivity contribution in [3.63, 3.8) is 0 Å². The average molecular weight is 496 g/mol. The highest BCUT2D eigenvalue weighted by molar-refractivity contribution is 7.90. The van der Waals surface area contributed by atoms with E-state index in [4.69, 9.17) is 4.74 Å². The quantitative estimate of drug-likeness (QED) is 0.500. The lowest BCUT2D eigenvalue weighted by atomic mass is 10.2. The molecule has 2 heterocycles. The molecule has 0 unspecified atom stereocenters. The highest BCUT2D eigenvalue weighted by Gasteiger charge is 2.23. The molecule has 0 radical (unpaired) electrons. The number of rotatable bonds is 7. The van der Waals surface area contributed by atoms with Crippen LogP contribution < -0.4 is 4.90 Å². The Morgan fingerprint density at radius 2 is 1.88 bits per heavy atom. The third-order valence-corrected chi connectivity index (χ3v) is 7.52. The van der Waals surface area contributed by atoms with Gasteiger partial charge in [-0.25, -0.2) is 22.2 Å². The van der Waals surface area contributed by atoms with Gasteiger partial charge in [0.05, 0.1) is 22.8 Å². The number of halogens is 2. The fourth-order valence-electron chi connectivity index (χ4n) is 3.62. The molecule has 2 aromatic carbocycles. The molecule has 0 bridgehead atoms. The fourth-order valence-corrected chi connectivity index (χ4v) is 5.28. The Morgan fingerprint density at radius 3 is 2.55 bits per heavy atom. The van der Waals surface area contributed by atoms with E-state index in [9.17, 15) is 22.0 Å². The zero-order valence-corrected chi connectivity index (χ0v) is 19.6. The van der Waals surface area contributed by atoms with Gasteiger partial charge in [-0.3, -0.25) is 14.6 Å². The number of fused-ring (bicyclic) bond motifs is 1. The molecule has 11 heteroatoms. The summed E-state index contributed by atoms with van der Waals surface area (Å²) in [5.74, 6) is -1.89. The lowest BCUT2D eigenvalue weighted by Gasteiger charge is -2.27. The van der Waals surface area contributed by atoms with Crippen molar-refractivity contribution >= 4 is 42.4 Å². The van der Waals surface area contributed by atoms with Crippen LogP contribution in [-0.4, -0.2) is 69.9 Å². The van der Waals surface area contributed by atoms with Gasteiger partial charge in [-0.15, -0.1) is 0 Å². The molecule has 33 heavy (non-hydrogen) atoms. The number of anilines is 1. The van der Waals surface area contributed by atoms with E-state index in [2.05, 4.69) is 9.88 Å². The second-order valence-corrected chi connectivity index (χ2v) is 10.8. The number of morpholine rings is 1. The Kier molecular flexibility index (Phi) is 7.03. The van der Waals surface area contributed by atoms with Crippen LogP contribution in [0.25, 0.3) is 10.2 Å². The largest absolute Gasteiger partial charge is 0.379 e. The first-order chi connectivity index (χ1) is 15.7. The summed E-state index contributed by atoms with van der Waals surface area (Å²) >= 11 is 1.03. The van der Waals surface area contributed by atoms with Crippen LogP contribution in [0.4, 0.5) is 13.9 Å². The van der Waals surface area contributed by atoms with E-state index in [1.54, 1.807) is 0 Å². The normalized spacial score (nSPS) is 15.1. The zero-order chi connectivity index (χ0) is 23.6. The molecule has 1 fully saturated rings. The number of carbonyl (C=O) groups excluding carboxylic acids is 1. The number of benzene rings is 2. The van der Waals surface area contributed by atoms with E-state index in [-0.39, 0.29) is 21.1 Å². The molecule has 1 aliphatic heterocycles. The Hall–Kier alpha value is -2.47. The molecule has 1 aromatic heterocycles. The van der Waals surface area contributed by atoms with Crippen LogP contribution in [0.3, 0.4) is 0 Å². The van der Waals surface area contributed by atoms with E-state index in [0.29, 0.717) is 30.9 Å². The molecule has 0 aliphatic carbocycles. The number of hydrogen-bond acceptors (Lipinski definition) is 7. The summed E-state index contributed by atoms with van der Waals surface area (Å²) in [5, 5.41) is 0.258. The molecule has 0 atom stereocenters. The monoisotopic (exact) mass is 495 g/mol. The molecule has 0 spiro atoms. The van der Waals surface area contributed by atoms with Gasteiger partial charge >= 0.3 is 0 Å². The zero-order valence-electron chi connectivity index (χ0n) is 18.0. The first-order valence-corrected chi connectivity index (χ1v) is 13.1. The Bertz CT molecular complexity index is 1260. The first-order valence-electron chi connectivity index (χ1n) is 10.4. The number of nitrogens with zero attached hydrogens (tertiary/aromatic N) is 3. The summed E-state index contributed by atoms with van der Waals surface area (Å²) in [5.41, 5.74) is 0.287. The number of hydrogen-bond donors (Lipinski definition) is 0. The van der Waals surface area contributed by atoms with Crippen LogP contribution in [-0.2, 0) is 14.6 Å². The summed E-state index contributed by atoms with van der Waals surface area (Å²) in [6.07, 6.45) is 1.73. The van der Waals surface area contributed by atoms with Gasteiger partial charge in [0, 0.05) is 44.1 Å². The Labute approximate surface area is 194 Å². The van der Waals surface area contributed by atoms with Crippen molar-refractivity contribution in [3.05, 3.63) is 53.6 Å². The van der Waals surface area contributed by atoms with Crippen molar-refractivity contribution in [1.82, 2.24) is 9.88 Å². The van der Waals surface area contributed by atoms with Crippen LogP contribution in [0.15, 0.2) is 41.3 Å². The standard InChI is InChI=1S/C22H23F2N3O4S2/c1-33(29,30)17-5-3-15(4-6-17)21(28)27(8-2-7-26-9-11-31-12-10-26)22-25-20-18(24)13-16(23)14-19(20)32-22/h3-6,13-14H,2,7-12H2,1H3. The summed E-state index contributed by atoms with van der Waals surface area (Å²) in [7, 11) is -3.40. The van der Waals surface area contributed by atoms with Gasteiger partial charge in [0.1, 0.15) is 11.3 Å². The van der Waals surface area contributed by atoms with Gasteiger partial charge < -0.3 is 4.74 Å². The van der Waals surface area contributed by atoms with E-state index in [1.807, 2.05) is 0 Å². The van der Waals surface area contributed by atoms with Crippen LogP contribution in [0.1, 0.15) is 16.8 Å². The second-order valence-electron chi connectivity index (χ2n) is 7.79. The van der Waals surface area contributed by atoms with Gasteiger partial charge in [0.15, 0.2) is 20.8 Å². The number of sulfone groups is 1. The van der Waals surface area contributed by atoms with Gasteiger partial charge in [0.25, 0.3) is 5.91 Å². The topological polar surface area (TPSA) is 79.8 Å². The van der Waals surface area contributed by atoms with E-state index in [0.717, 1.165) is 43.3 Å². The average Bonchev–Trinajstić information content (AvgIpc) is 3.20. The predicted molar refractivity (Wildman–Crippen MR) is 123 cm³/mol. The minimum absolute atomic E-state index is 0.00908. The van der Waals surface area contributed by atoms with Gasteiger partial charge in [-0.1, -0.05) is 11.3 Å². The van der Waals surface area contributed by atoms with Crippen LogP contribution in [0.5, 0.6) is 0 Å². The highest BCUT2D eigenvalue weighted by Crippen LogP contribution is 2.32. The van der Waals surface area contributed by atoms with Crippen LogP contribution >= 0.6 is 11.3 Å². The molecular weight excluding hydrogens is 472 g/mol. The van der Waals surface area contributed by atoms with E-state index < -0.39 is 27.4 Å². The van der Waals surface area contributed by atoms with Gasteiger partial charge in [-0.2, -0.15) is 0 Å². The SMILES string of the molecule is CS(=O)(=O)c1ccc(C(=O)N(CCCN2CCOCC2)c2nc3c(F)cc(F)cc3s2)cc1. The molecule has 0 N–H and O–H groups in total. The number of ether oxygens (including phenoxy) is 1. The second kappa shape index (κ2) is 9.80. The predicted octanol–water partition coefficient (Wildman–Crippen LogP) is 3.35. The highest BCUT2D eigenvalue weighted by atomic mass is 32.2. The maximum atomic E-state index is 14.2. The number of aromatic nitrogens is 1. The molecule has 1 aliphatic rings. The van der Waals surface area contributed by atoms with Crippen molar-refractivity contribution in [3.8, 4) is 0 Å². The minimum Gasteiger partial charge on any atom is -0.379 e. The molecule has 0 saturated carbocycles. The smallest absolute Gasteiger partial charge is 0.260 e. The van der Waals surface area contributed by atoms with Crippen molar-refractivity contribution in [1.29, 1.82) is 0 Å². The number of amides is 1. The molecule has 176 valence electrons. The summed E-state index contributed by atoms with van der Waals surface area (Å²) in [4.78, 5) is 21.4. The number of carbonyl (C=O) groups is 1. The molecule has 3 aromatic rings. The lowest BCUT2D eigenvalue weighted by molar-refractivity contribution is 0.0376. The van der Waals surface area contributed by atoms with E-state index >= 15 is 0 Å². The minimum atomic E-state index is -3.40. The fraction of sp³-hybridized carbons (Fsp3) is 0.364. The van der Waals surface area contributed by atoms with Crippen molar-refractivity contribution < 1.29 is 26.7 Å². The third kappa shape index (κ3) is 5.55. The summed E-state index contributed by atoms with van der Waals surface area (Å²) < 4.78 is 57.0. The lowest BCUT2D eigenvalue weighted by Crippen LogP contribution is -2.39. The molecule has 4 rings (SSSR count). The Morgan fingerprint density at radius 1 is 1.18 bits per heavy atom. The van der Waals surface area contributed by atoms with Crippen LogP contribution in [0, 0.1) is 11.6 Å². The molecule has 1 saturated heterocycles. The summed E-state index contributed by atoms with van der Waals surface area (Å²) in [6, 6.07) is 7.60. The van der Waals surface area contributed by atoms with Crippen molar-refractivity contribution in [2.24, 2.45) is 0 Å². The maximum absolute atomic E-state index is 14.2. The van der Waals surface area contributed by atoms with Crippen LogP contribution in [0.2, 0.25) is 0 Å². The molecular formula is C22H23F2N3O4S2. The number of thiazole rings is 1. The van der Waals surface area contributed by atoms with E-state index in [1.165, 1.54) is 35.2 Å². The van der Waals surface area contributed by atoms with Gasteiger partial charge in [0.2, 0.25) is 0 Å². The first kappa shape index (κ1) is 23.7. The maximum Gasteiger partial charge on any atom is 0.260 e. The van der Waals surface area contributed by atoms with Crippen molar-refractivity contribution in [2.45, 2.75) is 11.3 Å². The van der Waals surface area contributed by atoms with Crippen molar-refractivity contribution in [2.75, 3.05) is 50.5 Å². The third-order valence-electron chi connectivity index (χ3n) is 5.37. The molecule has 1 amide bonds. The summed E-state index contributed by atoms with van der Waals surface area (Å²) in [6.45, 7) is 4.01. The Balaban J connectivity index is 1.61. The van der Waals surface area contributed by atoms with Gasteiger partial charge in [-0.05, 0) is 36.8 Å².